The zero-order chi connectivity index (χ0) is 15.5. The number of carbonyl (C=O) groups is 3. The summed E-state index contributed by atoms with van der Waals surface area (Å²) >= 11 is 0. The van der Waals surface area contributed by atoms with E-state index in [2.05, 4.69) is 5.32 Å². The van der Waals surface area contributed by atoms with Gasteiger partial charge in [0.15, 0.2) is 6.61 Å². The van der Waals surface area contributed by atoms with Crippen LogP contribution in [0.3, 0.4) is 0 Å². The number of nitrogens with zero attached hydrogens (tertiary/aromatic N) is 2. The van der Waals surface area contributed by atoms with Crippen LogP contribution in [0, 0.1) is 0 Å². The molecule has 0 spiro atoms. The number of hydrogen-bond acceptors (Lipinski definition) is 4. The second-order valence-corrected chi connectivity index (χ2v) is 5.33. The summed E-state index contributed by atoms with van der Waals surface area (Å²) in [5.41, 5.74) is 0.743. The van der Waals surface area contributed by atoms with Crippen LogP contribution < -0.4 is 5.32 Å². The highest BCUT2D eigenvalue weighted by Gasteiger charge is 2.38. The third-order valence-electron chi connectivity index (χ3n) is 3.93. The Kier molecular flexibility index (Phi) is 3.95. The van der Waals surface area contributed by atoms with Gasteiger partial charge in [0.1, 0.15) is 0 Å². The summed E-state index contributed by atoms with van der Waals surface area (Å²) < 4.78 is 4.73. The third-order valence-corrected chi connectivity index (χ3v) is 3.93. The summed E-state index contributed by atoms with van der Waals surface area (Å²) in [6.07, 6.45) is 0.573. The van der Waals surface area contributed by atoms with Crippen LogP contribution in [-0.2, 0) is 9.53 Å². The maximum Gasteiger partial charge on any atom is 0.417 e. The first-order valence-corrected chi connectivity index (χ1v) is 7.25. The second-order valence-electron chi connectivity index (χ2n) is 5.33. The summed E-state index contributed by atoms with van der Waals surface area (Å²) in [4.78, 5) is 38.2. The number of likely N-dealkylation sites (tertiary alicyclic amines) is 1. The Morgan fingerprint density at radius 1 is 1.14 bits per heavy atom. The number of imide groups is 1. The van der Waals surface area contributed by atoms with Crippen molar-refractivity contribution >= 4 is 23.7 Å². The van der Waals surface area contributed by atoms with Crippen LogP contribution in [0.25, 0.3) is 0 Å². The second kappa shape index (κ2) is 6.05. The molecule has 2 aliphatic rings. The van der Waals surface area contributed by atoms with Crippen molar-refractivity contribution in [2.24, 2.45) is 0 Å². The standard InChI is InChI=1S/C15H17N3O4/c19-13-10-22-15(21)18(13)12-6-8-17(9-7-12)14(20)16-11-4-2-1-3-5-11/h1-5,12H,6-10H2,(H,16,20). The van der Waals surface area contributed by atoms with Crippen LogP contribution in [0.2, 0.25) is 0 Å². The van der Waals surface area contributed by atoms with Gasteiger partial charge in [-0.15, -0.1) is 0 Å². The zero-order valence-electron chi connectivity index (χ0n) is 12.0. The lowest BCUT2D eigenvalue weighted by Crippen LogP contribution is -2.49. The van der Waals surface area contributed by atoms with Crippen LogP contribution in [0.5, 0.6) is 0 Å². The number of carbonyl (C=O) groups excluding carboxylic acids is 3. The number of para-hydroxylation sites is 1. The van der Waals surface area contributed by atoms with Gasteiger partial charge in [-0.2, -0.15) is 0 Å². The molecule has 1 aromatic rings. The van der Waals surface area contributed by atoms with Crippen molar-refractivity contribution in [2.45, 2.75) is 18.9 Å². The predicted octanol–water partition coefficient (Wildman–Crippen LogP) is 1.66. The highest BCUT2D eigenvalue weighted by Crippen LogP contribution is 2.21. The smallest absolute Gasteiger partial charge is 0.417 e. The van der Waals surface area contributed by atoms with E-state index in [1.165, 1.54) is 4.90 Å². The van der Waals surface area contributed by atoms with E-state index < -0.39 is 6.09 Å². The average molecular weight is 303 g/mol. The molecule has 2 fully saturated rings. The molecule has 4 amide bonds. The van der Waals surface area contributed by atoms with Crippen LogP contribution in [0.1, 0.15) is 12.8 Å². The van der Waals surface area contributed by atoms with Gasteiger partial charge < -0.3 is 15.0 Å². The SMILES string of the molecule is O=C(Nc1ccccc1)N1CCC(N2C(=O)COC2=O)CC1. The minimum atomic E-state index is -0.572. The lowest BCUT2D eigenvalue weighted by Gasteiger charge is -2.34. The van der Waals surface area contributed by atoms with Gasteiger partial charge in [-0.3, -0.25) is 4.79 Å². The number of cyclic esters (lactones) is 1. The minimum absolute atomic E-state index is 0.167. The molecule has 116 valence electrons. The number of ether oxygens (including phenoxy) is 1. The van der Waals surface area contributed by atoms with Crippen molar-refractivity contribution < 1.29 is 19.1 Å². The van der Waals surface area contributed by atoms with E-state index in [0.717, 1.165) is 5.69 Å². The molecule has 22 heavy (non-hydrogen) atoms. The number of hydrogen-bond donors (Lipinski definition) is 1. The van der Waals surface area contributed by atoms with Gasteiger partial charge in [0.2, 0.25) is 0 Å². The quantitative estimate of drug-likeness (QED) is 0.901. The van der Waals surface area contributed by atoms with Crippen LogP contribution in [-0.4, -0.2) is 53.6 Å². The van der Waals surface area contributed by atoms with Gasteiger partial charge in [0, 0.05) is 24.8 Å². The molecule has 2 heterocycles. The Morgan fingerprint density at radius 3 is 2.41 bits per heavy atom. The number of piperidine rings is 1. The van der Waals surface area contributed by atoms with E-state index in [0.29, 0.717) is 25.9 Å². The van der Waals surface area contributed by atoms with E-state index in [9.17, 15) is 14.4 Å². The van der Waals surface area contributed by atoms with Crippen molar-refractivity contribution in [2.75, 3.05) is 25.0 Å². The molecule has 2 saturated heterocycles. The maximum atomic E-state index is 12.2. The van der Waals surface area contributed by atoms with Crippen molar-refractivity contribution in [3.05, 3.63) is 30.3 Å². The fourth-order valence-corrected chi connectivity index (χ4v) is 2.77. The van der Waals surface area contributed by atoms with Crippen LogP contribution >= 0.6 is 0 Å². The molecule has 2 aliphatic heterocycles. The third kappa shape index (κ3) is 2.88. The Bertz CT molecular complexity index is 566. The largest absolute Gasteiger partial charge is 0.439 e. The monoisotopic (exact) mass is 303 g/mol. The van der Waals surface area contributed by atoms with E-state index in [-0.39, 0.29) is 24.6 Å². The maximum absolute atomic E-state index is 12.2. The number of nitrogens with one attached hydrogen (secondary N) is 1. The van der Waals surface area contributed by atoms with Crippen molar-refractivity contribution in [3.63, 3.8) is 0 Å². The fraction of sp³-hybridized carbons (Fsp3) is 0.400. The van der Waals surface area contributed by atoms with E-state index >= 15 is 0 Å². The summed E-state index contributed by atoms with van der Waals surface area (Å²) in [6, 6.07) is 8.89. The number of anilines is 1. The first-order valence-electron chi connectivity index (χ1n) is 7.25. The van der Waals surface area contributed by atoms with E-state index in [1.807, 2.05) is 30.3 Å². The molecule has 7 heteroatoms. The lowest BCUT2D eigenvalue weighted by atomic mass is 10.0. The topological polar surface area (TPSA) is 79.0 Å². The minimum Gasteiger partial charge on any atom is -0.439 e. The summed E-state index contributed by atoms with van der Waals surface area (Å²) in [7, 11) is 0. The predicted molar refractivity (Wildman–Crippen MR) is 78.2 cm³/mol. The number of rotatable bonds is 2. The van der Waals surface area contributed by atoms with Crippen molar-refractivity contribution in [1.29, 1.82) is 0 Å². The summed E-state index contributed by atoms with van der Waals surface area (Å²) in [5, 5.41) is 2.83. The molecular weight excluding hydrogens is 286 g/mol. The van der Waals surface area contributed by atoms with Crippen LogP contribution in [0.15, 0.2) is 30.3 Å². The molecule has 0 aliphatic carbocycles. The molecule has 0 aromatic heterocycles. The first kappa shape index (κ1) is 14.4. The molecule has 0 bridgehead atoms. The first-order chi connectivity index (χ1) is 10.6. The summed E-state index contributed by atoms with van der Waals surface area (Å²) in [6.45, 7) is 0.828. The molecule has 0 atom stereocenters. The molecule has 1 aromatic carbocycles. The van der Waals surface area contributed by atoms with Crippen LogP contribution in [0.4, 0.5) is 15.3 Å². The average Bonchev–Trinajstić information content (AvgIpc) is 2.87. The molecule has 0 saturated carbocycles. The summed E-state index contributed by atoms with van der Waals surface area (Å²) in [5.74, 6) is -0.294. The van der Waals surface area contributed by atoms with Gasteiger partial charge in [0.05, 0.1) is 0 Å². The molecular formula is C15H17N3O4. The van der Waals surface area contributed by atoms with E-state index in [4.69, 9.17) is 4.74 Å². The lowest BCUT2D eigenvalue weighted by molar-refractivity contribution is -0.127. The Labute approximate surface area is 127 Å². The normalized spacial score (nSPS) is 19.3. The molecule has 0 unspecified atom stereocenters. The van der Waals surface area contributed by atoms with Gasteiger partial charge in [-0.25, -0.2) is 14.5 Å². The fourth-order valence-electron chi connectivity index (χ4n) is 2.77. The Balaban J connectivity index is 1.54. The number of urea groups is 1. The Hall–Kier alpha value is -2.57. The van der Waals surface area contributed by atoms with Crippen molar-refractivity contribution in [3.8, 4) is 0 Å². The number of amides is 4. The van der Waals surface area contributed by atoms with Crippen molar-refractivity contribution in [1.82, 2.24) is 9.80 Å². The highest BCUT2D eigenvalue weighted by molar-refractivity contribution is 5.98. The molecule has 1 N–H and O–H groups in total. The molecule has 7 nitrogen and oxygen atoms in total. The molecule has 0 radical (unpaired) electrons. The van der Waals surface area contributed by atoms with Gasteiger partial charge in [0.25, 0.3) is 5.91 Å². The highest BCUT2D eigenvalue weighted by atomic mass is 16.6. The van der Waals surface area contributed by atoms with Gasteiger partial charge in [-0.1, -0.05) is 18.2 Å². The van der Waals surface area contributed by atoms with E-state index in [1.54, 1.807) is 4.90 Å². The van der Waals surface area contributed by atoms with Gasteiger partial charge in [-0.05, 0) is 25.0 Å². The zero-order valence-corrected chi connectivity index (χ0v) is 12.0. The Morgan fingerprint density at radius 2 is 1.82 bits per heavy atom. The molecule has 3 rings (SSSR count). The number of benzene rings is 1. The van der Waals surface area contributed by atoms with Gasteiger partial charge >= 0.3 is 12.1 Å².